The number of hydrogen-bond donors (Lipinski definition) is 1. The first-order valence-corrected chi connectivity index (χ1v) is 5.98. The predicted molar refractivity (Wildman–Crippen MR) is 71.7 cm³/mol. The SMILES string of the molecule is Nc1cc(Cl)ccc1OCC(F)(F)c1ccccc1. The van der Waals surface area contributed by atoms with Crippen LogP contribution in [0.2, 0.25) is 5.02 Å². The van der Waals surface area contributed by atoms with Gasteiger partial charge in [0, 0.05) is 10.6 Å². The van der Waals surface area contributed by atoms with Crippen molar-refractivity contribution in [3.63, 3.8) is 0 Å². The van der Waals surface area contributed by atoms with Gasteiger partial charge < -0.3 is 10.5 Å². The van der Waals surface area contributed by atoms with Gasteiger partial charge in [-0.1, -0.05) is 41.9 Å². The van der Waals surface area contributed by atoms with E-state index in [0.29, 0.717) is 5.02 Å². The number of nitrogens with two attached hydrogens (primary N) is 1. The van der Waals surface area contributed by atoms with Crippen LogP contribution >= 0.6 is 11.6 Å². The normalized spacial score (nSPS) is 11.3. The van der Waals surface area contributed by atoms with Crippen LogP contribution in [0.1, 0.15) is 5.56 Å². The third-order valence-corrected chi connectivity index (χ3v) is 2.81. The van der Waals surface area contributed by atoms with Crippen LogP contribution in [0.3, 0.4) is 0 Å². The first-order chi connectivity index (χ1) is 8.99. The van der Waals surface area contributed by atoms with Crippen molar-refractivity contribution in [1.29, 1.82) is 0 Å². The molecular weight excluding hydrogens is 272 g/mol. The Balaban J connectivity index is 2.09. The molecule has 0 saturated carbocycles. The molecule has 0 heterocycles. The average molecular weight is 284 g/mol. The van der Waals surface area contributed by atoms with Gasteiger partial charge >= 0.3 is 5.92 Å². The molecule has 0 fully saturated rings. The highest BCUT2D eigenvalue weighted by atomic mass is 35.5. The van der Waals surface area contributed by atoms with Crippen LogP contribution in [-0.2, 0) is 5.92 Å². The predicted octanol–water partition coefficient (Wildman–Crippen LogP) is 4.09. The third kappa shape index (κ3) is 3.35. The summed E-state index contributed by atoms with van der Waals surface area (Å²) >= 11 is 5.72. The Labute approximate surface area is 114 Å². The second-order valence-corrected chi connectivity index (χ2v) is 4.48. The van der Waals surface area contributed by atoms with Crippen molar-refractivity contribution in [3.05, 3.63) is 59.1 Å². The molecular formula is C14H12ClF2NO. The van der Waals surface area contributed by atoms with E-state index < -0.39 is 12.5 Å². The van der Waals surface area contributed by atoms with Crippen LogP contribution in [0.4, 0.5) is 14.5 Å². The minimum Gasteiger partial charge on any atom is -0.485 e. The molecule has 0 aliphatic carbocycles. The smallest absolute Gasteiger partial charge is 0.306 e. The summed E-state index contributed by atoms with van der Waals surface area (Å²) in [6.07, 6.45) is 0. The molecule has 0 aromatic heterocycles. The molecule has 0 bridgehead atoms. The number of rotatable bonds is 4. The van der Waals surface area contributed by atoms with E-state index in [1.165, 1.54) is 30.3 Å². The molecule has 2 aromatic carbocycles. The van der Waals surface area contributed by atoms with Crippen LogP contribution in [0, 0.1) is 0 Å². The minimum atomic E-state index is -3.08. The maximum absolute atomic E-state index is 13.9. The summed E-state index contributed by atoms with van der Waals surface area (Å²) in [5, 5.41) is 0.430. The molecule has 2 aromatic rings. The molecule has 2 N–H and O–H groups in total. The zero-order valence-electron chi connectivity index (χ0n) is 9.95. The molecule has 0 amide bonds. The molecule has 100 valence electrons. The Morgan fingerprint density at radius 1 is 1.11 bits per heavy atom. The lowest BCUT2D eigenvalue weighted by Crippen LogP contribution is -2.23. The zero-order chi connectivity index (χ0) is 13.9. The van der Waals surface area contributed by atoms with Crippen molar-refractivity contribution in [2.75, 3.05) is 12.3 Å². The fourth-order valence-corrected chi connectivity index (χ4v) is 1.77. The maximum atomic E-state index is 13.9. The zero-order valence-corrected chi connectivity index (χ0v) is 10.7. The fourth-order valence-electron chi connectivity index (χ4n) is 1.58. The van der Waals surface area contributed by atoms with Crippen LogP contribution in [-0.4, -0.2) is 6.61 Å². The fraction of sp³-hybridized carbons (Fsp3) is 0.143. The molecule has 0 radical (unpaired) electrons. The average Bonchev–Trinajstić information content (AvgIpc) is 2.39. The molecule has 0 aliphatic heterocycles. The Hall–Kier alpha value is -1.81. The quantitative estimate of drug-likeness (QED) is 0.858. The Kier molecular flexibility index (Phi) is 3.90. The first-order valence-electron chi connectivity index (χ1n) is 5.60. The van der Waals surface area contributed by atoms with Crippen molar-refractivity contribution < 1.29 is 13.5 Å². The lowest BCUT2D eigenvalue weighted by Gasteiger charge is -2.18. The largest absolute Gasteiger partial charge is 0.485 e. The van der Waals surface area contributed by atoms with Gasteiger partial charge in [0.05, 0.1) is 5.69 Å². The van der Waals surface area contributed by atoms with Gasteiger partial charge in [0.25, 0.3) is 0 Å². The summed E-state index contributed by atoms with van der Waals surface area (Å²) in [6, 6.07) is 12.0. The Morgan fingerprint density at radius 2 is 1.79 bits per heavy atom. The second-order valence-electron chi connectivity index (χ2n) is 4.04. The molecule has 0 spiro atoms. The number of nitrogen functional groups attached to an aromatic ring is 1. The number of ether oxygens (including phenoxy) is 1. The van der Waals surface area contributed by atoms with E-state index >= 15 is 0 Å². The molecule has 0 aliphatic rings. The van der Waals surface area contributed by atoms with Crippen molar-refractivity contribution in [1.82, 2.24) is 0 Å². The molecule has 5 heteroatoms. The molecule has 2 rings (SSSR count). The summed E-state index contributed by atoms with van der Waals surface area (Å²) in [4.78, 5) is 0. The third-order valence-electron chi connectivity index (χ3n) is 2.58. The highest BCUT2D eigenvalue weighted by Gasteiger charge is 2.32. The second kappa shape index (κ2) is 5.45. The monoisotopic (exact) mass is 283 g/mol. The maximum Gasteiger partial charge on any atom is 0.306 e. The summed E-state index contributed by atoms with van der Waals surface area (Å²) in [5.74, 6) is -2.88. The van der Waals surface area contributed by atoms with E-state index in [4.69, 9.17) is 22.1 Å². The van der Waals surface area contributed by atoms with Gasteiger partial charge in [-0.3, -0.25) is 0 Å². The van der Waals surface area contributed by atoms with Crippen LogP contribution in [0.5, 0.6) is 5.75 Å². The van der Waals surface area contributed by atoms with Crippen molar-refractivity contribution in [2.45, 2.75) is 5.92 Å². The van der Waals surface area contributed by atoms with Gasteiger partial charge in [0.15, 0.2) is 6.61 Å². The van der Waals surface area contributed by atoms with Gasteiger partial charge in [-0.2, -0.15) is 8.78 Å². The van der Waals surface area contributed by atoms with E-state index in [0.717, 1.165) is 0 Å². The van der Waals surface area contributed by atoms with E-state index in [2.05, 4.69) is 0 Å². The number of alkyl halides is 2. The molecule has 2 nitrogen and oxygen atoms in total. The van der Waals surface area contributed by atoms with Gasteiger partial charge in [-0.05, 0) is 18.2 Å². The topological polar surface area (TPSA) is 35.2 Å². The number of hydrogen-bond acceptors (Lipinski definition) is 2. The summed E-state index contributed by atoms with van der Waals surface area (Å²) in [6.45, 7) is -0.775. The van der Waals surface area contributed by atoms with Gasteiger partial charge in [-0.25, -0.2) is 0 Å². The first kappa shape index (κ1) is 13.6. The van der Waals surface area contributed by atoms with Crippen LogP contribution in [0.25, 0.3) is 0 Å². The number of anilines is 1. The van der Waals surface area contributed by atoms with E-state index in [1.807, 2.05) is 0 Å². The van der Waals surface area contributed by atoms with Crippen LogP contribution in [0.15, 0.2) is 48.5 Å². The van der Waals surface area contributed by atoms with E-state index in [-0.39, 0.29) is 17.0 Å². The van der Waals surface area contributed by atoms with Crippen molar-refractivity contribution in [2.24, 2.45) is 0 Å². The van der Waals surface area contributed by atoms with Gasteiger partial charge in [-0.15, -0.1) is 0 Å². The minimum absolute atomic E-state index is 0.0949. The molecule has 0 atom stereocenters. The summed E-state index contributed by atoms with van der Waals surface area (Å²) in [5.41, 5.74) is 5.77. The standard InChI is InChI=1S/C14H12ClF2NO/c15-11-6-7-13(12(18)8-11)19-9-14(16,17)10-4-2-1-3-5-10/h1-8H,9,18H2. The molecule has 0 unspecified atom stereocenters. The van der Waals surface area contributed by atoms with E-state index in [9.17, 15) is 8.78 Å². The molecule has 19 heavy (non-hydrogen) atoms. The highest BCUT2D eigenvalue weighted by Crippen LogP contribution is 2.31. The van der Waals surface area contributed by atoms with Gasteiger partial charge in [0.1, 0.15) is 5.75 Å². The highest BCUT2D eigenvalue weighted by molar-refractivity contribution is 6.30. The summed E-state index contributed by atoms with van der Waals surface area (Å²) in [7, 11) is 0. The molecule has 0 saturated heterocycles. The van der Waals surface area contributed by atoms with Crippen LogP contribution < -0.4 is 10.5 Å². The number of halogens is 3. The van der Waals surface area contributed by atoms with Crippen molar-refractivity contribution in [3.8, 4) is 5.75 Å². The van der Waals surface area contributed by atoms with Gasteiger partial charge in [0.2, 0.25) is 0 Å². The Bertz CT molecular complexity index is 561. The van der Waals surface area contributed by atoms with Crippen molar-refractivity contribution >= 4 is 17.3 Å². The number of benzene rings is 2. The lowest BCUT2D eigenvalue weighted by molar-refractivity contribution is -0.0465. The summed E-state index contributed by atoms with van der Waals surface area (Å²) < 4.78 is 32.8. The van der Waals surface area contributed by atoms with E-state index in [1.54, 1.807) is 18.2 Å². The lowest BCUT2D eigenvalue weighted by atomic mass is 10.1. The Morgan fingerprint density at radius 3 is 2.42 bits per heavy atom.